The molecule has 0 amide bonds. The number of hydrogen-bond acceptors (Lipinski definition) is 4. The van der Waals surface area contributed by atoms with Gasteiger partial charge in [-0.1, -0.05) is 24.3 Å². The Morgan fingerprint density at radius 2 is 1.72 bits per heavy atom. The highest BCUT2D eigenvalue weighted by Gasteiger charge is 2.50. The average molecular weight is 436 g/mol. The molecule has 0 aliphatic heterocycles. The van der Waals surface area contributed by atoms with Gasteiger partial charge in [0.05, 0.1) is 5.69 Å². The predicted octanol–water partition coefficient (Wildman–Crippen LogP) is 6.37. The van der Waals surface area contributed by atoms with Crippen LogP contribution in [0.3, 0.4) is 0 Å². The van der Waals surface area contributed by atoms with Crippen LogP contribution in [0.25, 0.3) is 11.4 Å². The summed E-state index contributed by atoms with van der Waals surface area (Å²) < 4.78 is 7.46. The first kappa shape index (κ1) is 21.5. The van der Waals surface area contributed by atoms with Gasteiger partial charge in [-0.15, -0.1) is 0 Å². The van der Waals surface area contributed by atoms with Crippen molar-refractivity contribution < 1.29 is 9.53 Å². The molecule has 4 aliphatic carbocycles. The first-order valence-electron chi connectivity index (χ1n) is 12.3. The minimum atomic E-state index is -0.587. The number of aryl methyl sites for hydroxylation is 1. The van der Waals surface area contributed by atoms with Crippen molar-refractivity contribution in [1.82, 2.24) is 9.55 Å². The van der Waals surface area contributed by atoms with Crippen molar-refractivity contribution >= 4 is 11.9 Å². The molecule has 4 bridgehead atoms. The molecule has 4 aliphatic rings. The molecule has 2 N–H and O–H groups in total. The molecule has 4 saturated carbocycles. The zero-order valence-corrected chi connectivity index (χ0v) is 20.0. The van der Waals surface area contributed by atoms with Gasteiger partial charge in [-0.3, -0.25) is 0 Å². The van der Waals surface area contributed by atoms with Crippen LogP contribution < -0.4 is 5.73 Å². The smallest absolute Gasteiger partial charge is 0.420 e. The number of ether oxygens (including phenoxy) is 1. The molecule has 32 heavy (non-hydrogen) atoms. The first-order valence-corrected chi connectivity index (χ1v) is 12.3. The minimum Gasteiger partial charge on any atom is -0.443 e. The number of anilines is 1. The van der Waals surface area contributed by atoms with Crippen LogP contribution >= 0.6 is 0 Å². The lowest BCUT2D eigenvalue weighted by molar-refractivity contribution is -0.0571. The number of nitrogens with zero attached hydrogens (tertiary/aromatic N) is 2. The quantitative estimate of drug-likeness (QED) is 0.605. The van der Waals surface area contributed by atoms with Gasteiger partial charge in [0.1, 0.15) is 11.4 Å². The zero-order chi connectivity index (χ0) is 22.7. The molecular formula is C27H37N3O2. The normalized spacial score (nSPS) is 28.8. The summed E-state index contributed by atoms with van der Waals surface area (Å²) in [7, 11) is 0. The van der Waals surface area contributed by atoms with E-state index in [0.717, 1.165) is 47.4 Å². The second-order valence-electron chi connectivity index (χ2n) is 11.8. The number of hydrogen-bond donors (Lipinski definition) is 1. The Morgan fingerprint density at radius 1 is 1.12 bits per heavy atom. The van der Waals surface area contributed by atoms with Crippen molar-refractivity contribution in [2.45, 2.75) is 84.7 Å². The number of nitrogens with two attached hydrogens (primary N) is 1. The largest absolute Gasteiger partial charge is 0.443 e. The molecule has 1 aromatic carbocycles. The molecule has 6 rings (SSSR count). The fourth-order valence-electron chi connectivity index (χ4n) is 7.20. The summed E-state index contributed by atoms with van der Waals surface area (Å²) in [6, 6.07) is 8.01. The maximum absolute atomic E-state index is 13.4. The van der Waals surface area contributed by atoms with Crippen LogP contribution in [0.1, 0.15) is 77.0 Å². The van der Waals surface area contributed by atoms with E-state index in [1.807, 2.05) is 52.0 Å². The summed E-state index contributed by atoms with van der Waals surface area (Å²) >= 11 is 0. The van der Waals surface area contributed by atoms with E-state index in [1.165, 1.54) is 38.5 Å². The molecule has 1 aromatic heterocycles. The van der Waals surface area contributed by atoms with E-state index in [2.05, 4.69) is 0 Å². The molecule has 0 saturated heterocycles. The van der Waals surface area contributed by atoms with Crippen LogP contribution in [-0.2, 0) is 11.2 Å². The van der Waals surface area contributed by atoms with Gasteiger partial charge < -0.3 is 10.5 Å². The Balaban J connectivity index is 1.49. The molecule has 5 heteroatoms. The molecular weight excluding hydrogens is 398 g/mol. The summed E-state index contributed by atoms with van der Waals surface area (Å²) in [6.45, 7) is 7.73. The number of carbonyl (C=O) groups excluding carboxylic acids is 1. The first-order chi connectivity index (χ1) is 15.1. The lowest BCUT2D eigenvalue weighted by atomic mass is 9.48. The van der Waals surface area contributed by atoms with Crippen molar-refractivity contribution in [3.63, 3.8) is 0 Å². The van der Waals surface area contributed by atoms with Gasteiger partial charge in [0.25, 0.3) is 0 Å². The Hall–Kier alpha value is -2.30. The minimum absolute atomic E-state index is 0.388. The Morgan fingerprint density at radius 3 is 2.28 bits per heavy atom. The van der Waals surface area contributed by atoms with Crippen LogP contribution in [0.15, 0.2) is 24.3 Å². The third-order valence-electron chi connectivity index (χ3n) is 8.02. The molecule has 0 unspecified atom stereocenters. The van der Waals surface area contributed by atoms with E-state index in [-0.39, 0.29) is 6.09 Å². The van der Waals surface area contributed by atoms with Crippen molar-refractivity contribution in [1.29, 1.82) is 0 Å². The number of nitrogen functional groups attached to an aromatic ring is 1. The highest BCUT2D eigenvalue weighted by atomic mass is 16.6. The second-order valence-corrected chi connectivity index (χ2v) is 11.8. The molecule has 4 fully saturated rings. The van der Waals surface area contributed by atoms with Gasteiger partial charge in [0.2, 0.25) is 0 Å². The van der Waals surface area contributed by atoms with E-state index in [4.69, 9.17) is 15.5 Å². The van der Waals surface area contributed by atoms with E-state index in [9.17, 15) is 4.79 Å². The van der Waals surface area contributed by atoms with Crippen LogP contribution in [-0.4, -0.2) is 21.2 Å². The number of rotatable bonds is 4. The van der Waals surface area contributed by atoms with Gasteiger partial charge in [-0.2, -0.15) is 0 Å². The predicted molar refractivity (Wildman–Crippen MR) is 127 cm³/mol. The standard InChI is InChI=1S/C27H37N3O2/c1-17-7-5-6-8-21(17)24-29-23(28)22(30(24)25(31)32-26(2,3)4)9-10-27-14-18-11-19(15-27)13-20(12-18)16-27/h5-8,18-20H,9-16,28H2,1-4H3. The van der Waals surface area contributed by atoms with E-state index in [1.54, 1.807) is 4.57 Å². The fourth-order valence-corrected chi connectivity index (χ4v) is 7.20. The highest BCUT2D eigenvalue weighted by molar-refractivity contribution is 5.81. The van der Waals surface area contributed by atoms with Crippen molar-refractivity contribution in [2.24, 2.45) is 23.2 Å². The third-order valence-corrected chi connectivity index (χ3v) is 8.02. The molecule has 2 aromatic rings. The van der Waals surface area contributed by atoms with Gasteiger partial charge in [-0.25, -0.2) is 14.3 Å². The molecule has 0 radical (unpaired) electrons. The monoisotopic (exact) mass is 435 g/mol. The van der Waals surface area contributed by atoms with Gasteiger partial charge in [0, 0.05) is 5.56 Å². The Bertz CT molecular complexity index is 995. The fraction of sp³-hybridized carbons (Fsp3) is 0.630. The Labute approximate surface area is 191 Å². The van der Waals surface area contributed by atoms with Gasteiger partial charge in [-0.05, 0) is 108 Å². The summed E-state index contributed by atoms with van der Waals surface area (Å²) in [5.74, 6) is 3.79. The third kappa shape index (κ3) is 3.95. The molecule has 1 heterocycles. The van der Waals surface area contributed by atoms with Crippen molar-refractivity contribution in [3.05, 3.63) is 35.5 Å². The topological polar surface area (TPSA) is 70.1 Å². The number of carbonyl (C=O) groups is 1. The number of aromatic nitrogens is 2. The van der Waals surface area contributed by atoms with Crippen LogP contribution in [0.4, 0.5) is 10.6 Å². The summed E-state index contributed by atoms with van der Waals surface area (Å²) in [5.41, 5.74) is 9.11. The van der Waals surface area contributed by atoms with E-state index in [0.29, 0.717) is 17.1 Å². The van der Waals surface area contributed by atoms with Crippen LogP contribution in [0, 0.1) is 30.1 Å². The lowest BCUT2D eigenvalue weighted by Crippen LogP contribution is -2.46. The molecule has 0 spiro atoms. The van der Waals surface area contributed by atoms with E-state index >= 15 is 0 Å². The summed E-state index contributed by atoms with van der Waals surface area (Å²) in [5, 5.41) is 0. The van der Waals surface area contributed by atoms with E-state index < -0.39 is 5.60 Å². The van der Waals surface area contributed by atoms with Crippen LogP contribution in [0.5, 0.6) is 0 Å². The van der Waals surface area contributed by atoms with Gasteiger partial charge in [0.15, 0.2) is 5.82 Å². The van der Waals surface area contributed by atoms with Crippen molar-refractivity contribution in [2.75, 3.05) is 5.73 Å². The Kier molecular flexibility index (Phi) is 5.14. The molecule has 0 atom stereocenters. The molecule has 5 nitrogen and oxygen atoms in total. The maximum Gasteiger partial charge on any atom is 0.420 e. The van der Waals surface area contributed by atoms with Crippen LogP contribution in [0.2, 0.25) is 0 Å². The zero-order valence-electron chi connectivity index (χ0n) is 20.0. The second kappa shape index (κ2) is 7.64. The molecule has 172 valence electrons. The number of imidazole rings is 1. The van der Waals surface area contributed by atoms with Gasteiger partial charge >= 0.3 is 6.09 Å². The lowest BCUT2D eigenvalue weighted by Gasteiger charge is -2.57. The summed E-state index contributed by atoms with van der Waals surface area (Å²) in [6.07, 6.45) is 9.84. The number of benzene rings is 1. The maximum atomic E-state index is 13.4. The summed E-state index contributed by atoms with van der Waals surface area (Å²) in [4.78, 5) is 18.1. The highest BCUT2D eigenvalue weighted by Crippen LogP contribution is 2.61. The average Bonchev–Trinajstić information content (AvgIpc) is 3.00. The van der Waals surface area contributed by atoms with Crippen molar-refractivity contribution in [3.8, 4) is 11.4 Å². The SMILES string of the molecule is Cc1ccccc1-c1nc(N)c(CCC23CC4CC(CC(C4)C2)C3)n1C(=O)OC(C)(C)C.